The summed E-state index contributed by atoms with van der Waals surface area (Å²) in [6.45, 7) is 7.01. The molecule has 19 heavy (non-hydrogen) atoms. The molecule has 2 aromatic rings. The van der Waals surface area contributed by atoms with E-state index >= 15 is 0 Å². The Balaban J connectivity index is 2.40. The molecule has 1 aromatic heterocycles. The van der Waals surface area contributed by atoms with Gasteiger partial charge in [-0.2, -0.15) is 0 Å². The molecule has 0 spiro atoms. The minimum atomic E-state index is -0.0830. The molecular weight excluding hydrogens is 238 g/mol. The van der Waals surface area contributed by atoms with Crippen molar-refractivity contribution in [3.63, 3.8) is 0 Å². The van der Waals surface area contributed by atoms with Gasteiger partial charge in [0.1, 0.15) is 0 Å². The summed E-state index contributed by atoms with van der Waals surface area (Å²) in [5, 5.41) is 5.57. The molecule has 0 atom stereocenters. The maximum Gasteiger partial charge on any atom is 0.267 e. The fourth-order valence-electron chi connectivity index (χ4n) is 2.15. The predicted octanol–water partition coefficient (Wildman–Crippen LogP) is 2.17. The second-order valence-electron chi connectivity index (χ2n) is 5.80. The molecule has 0 radical (unpaired) electrons. The van der Waals surface area contributed by atoms with E-state index in [9.17, 15) is 4.79 Å². The molecule has 102 valence electrons. The number of hydrogen-bond donors (Lipinski definition) is 3. The Morgan fingerprint density at radius 1 is 1.11 bits per heavy atom. The van der Waals surface area contributed by atoms with Crippen LogP contribution in [0.15, 0.2) is 29.1 Å². The number of rotatable bonds is 3. The fourth-order valence-corrected chi connectivity index (χ4v) is 2.15. The summed E-state index contributed by atoms with van der Waals surface area (Å²) in [4.78, 5) is 11.7. The van der Waals surface area contributed by atoms with E-state index < -0.39 is 0 Å². The van der Waals surface area contributed by atoms with Gasteiger partial charge < -0.3 is 5.73 Å². The zero-order valence-electron chi connectivity index (χ0n) is 11.7. The molecule has 0 amide bonds. The van der Waals surface area contributed by atoms with Crippen LogP contribution in [0.2, 0.25) is 0 Å². The molecule has 4 N–H and O–H groups in total. The quantitative estimate of drug-likeness (QED) is 0.790. The average Bonchev–Trinajstić information content (AvgIpc) is 2.71. The molecule has 0 unspecified atom stereocenters. The van der Waals surface area contributed by atoms with Crippen LogP contribution >= 0.6 is 0 Å². The van der Waals surface area contributed by atoms with E-state index in [2.05, 4.69) is 43.1 Å². The maximum atomic E-state index is 11.7. The second-order valence-corrected chi connectivity index (χ2v) is 5.80. The standard InChI is InChI=1S/C15H21N3O/c1-15(2,3)11-6-4-10(5-7-11)13-12(8-9-16)14(19)18-17-13/h4-7H,8-9,16H2,1-3H3,(H2,17,18,19). The van der Waals surface area contributed by atoms with Crippen molar-refractivity contribution in [1.29, 1.82) is 0 Å². The van der Waals surface area contributed by atoms with Crippen molar-refractivity contribution in [1.82, 2.24) is 10.2 Å². The molecule has 0 saturated heterocycles. The molecule has 0 aliphatic rings. The van der Waals surface area contributed by atoms with E-state index in [0.29, 0.717) is 13.0 Å². The Morgan fingerprint density at radius 3 is 2.26 bits per heavy atom. The summed E-state index contributed by atoms with van der Waals surface area (Å²) in [7, 11) is 0. The topological polar surface area (TPSA) is 74.7 Å². The number of aromatic nitrogens is 2. The van der Waals surface area contributed by atoms with Gasteiger partial charge in [0.25, 0.3) is 5.56 Å². The Labute approximate surface area is 113 Å². The summed E-state index contributed by atoms with van der Waals surface area (Å²) in [6, 6.07) is 8.29. The third kappa shape index (κ3) is 2.79. The number of hydrogen-bond acceptors (Lipinski definition) is 2. The lowest BCUT2D eigenvalue weighted by Crippen LogP contribution is -2.12. The number of aromatic amines is 2. The molecule has 4 heteroatoms. The third-order valence-electron chi connectivity index (χ3n) is 3.31. The van der Waals surface area contributed by atoms with Crippen LogP contribution in [0.1, 0.15) is 31.9 Å². The number of benzene rings is 1. The van der Waals surface area contributed by atoms with Crippen LogP contribution in [0.5, 0.6) is 0 Å². The van der Waals surface area contributed by atoms with Gasteiger partial charge in [-0.3, -0.25) is 15.0 Å². The predicted molar refractivity (Wildman–Crippen MR) is 78.3 cm³/mol. The number of H-pyrrole nitrogens is 2. The molecule has 1 aromatic carbocycles. The SMILES string of the molecule is CC(C)(C)c1ccc(-c2[nH][nH]c(=O)c2CCN)cc1. The van der Waals surface area contributed by atoms with E-state index in [1.54, 1.807) is 0 Å². The zero-order valence-corrected chi connectivity index (χ0v) is 11.7. The molecule has 0 aliphatic carbocycles. The van der Waals surface area contributed by atoms with Gasteiger partial charge in [0.15, 0.2) is 0 Å². The fraction of sp³-hybridized carbons (Fsp3) is 0.400. The Morgan fingerprint density at radius 2 is 1.74 bits per heavy atom. The van der Waals surface area contributed by atoms with Crippen LogP contribution in [0.4, 0.5) is 0 Å². The molecule has 4 nitrogen and oxygen atoms in total. The Bertz CT molecular complexity index is 600. The van der Waals surface area contributed by atoms with Crippen LogP contribution < -0.4 is 11.3 Å². The summed E-state index contributed by atoms with van der Waals surface area (Å²) in [5.74, 6) is 0. The van der Waals surface area contributed by atoms with Gasteiger partial charge in [0.2, 0.25) is 0 Å². The molecule has 0 saturated carbocycles. The first-order valence-electron chi connectivity index (χ1n) is 6.54. The van der Waals surface area contributed by atoms with Crippen LogP contribution in [0, 0.1) is 0 Å². The first-order valence-corrected chi connectivity index (χ1v) is 6.54. The molecule has 0 bridgehead atoms. The highest BCUT2D eigenvalue weighted by Crippen LogP contribution is 2.26. The van der Waals surface area contributed by atoms with E-state index in [-0.39, 0.29) is 11.0 Å². The van der Waals surface area contributed by atoms with Crippen molar-refractivity contribution >= 4 is 0 Å². The summed E-state index contributed by atoms with van der Waals surface area (Å²) in [5.41, 5.74) is 9.45. The maximum absolute atomic E-state index is 11.7. The number of nitrogens with two attached hydrogens (primary N) is 1. The van der Waals surface area contributed by atoms with Crippen molar-refractivity contribution in [3.8, 4) is 11.3 Å². The molecule has 2 rings (SSSR count). The first kappa shape index (κ1) is 13.6. The first-order chi connectivity index (χ1) is 8.93. The van der Waals surface area contributed by atoms with Crippen molar-refractivity contribution < 1.29 is 0 Å². The minimum Gasteiger partial charge on any atom is -0.330 e. The summed E-state index contributed by atoms with van der Waals surface area (Å²) >= 11 is 0. The van der Waals surface area contributed by atoms with E-state index in [1.807, 2.05) is 12.1 Å². The number of nitrogens with one attached hydrogen (secondary N) is 2. The lowest BCUT2D eigenvalue weighted by Gasteiger charge is -2.19. The normalized spacial score (nSPS) is 11.8. The van der Waals surface area contributed by atoms with Gasteiger partial charge in [0, 0.05) is 5.56 Å². The van der Waals surface area contributed by atoms with Gasteiger partial charge in [-0.05, 0) is 29.5 Å². The average molecular weight is 259 g/mol. The second kappa shape index (κ2) is 5.05. The smallest absolute Gasteiger partial charge is 0.267 e. The van der Waals surface area contributed by atoms with Crippen molar-refractivity contribution in [2.75, 3.05) is 6.54 Å². The monoisotopic (exact) mass is 259 g/mol. The molecular formula is C15H21N3O. The highest BCUT2D eigenvalue weighted by atomic mass is 16.1. The highest BCUT2D eigenvalue weighted by molar-refractivity contribution is 5.63. The van der Waals surface area contributed by atoms with Crippen LogP contribution in [-0.4, -0.2) is 16.7 Å². The molecule has 0 aliphatic heterocycles. The minimum absolute atomic E-state index is 0.0830. The Hall–Kier alpha value is -1.81. The summed E-state index contributed by atoms with van der Waals surface area (Å²) in [6.07, 6.45) is 0.579. The van der Waals surface area contributed by atoms with Gasteiger partial charge in [-0.25, -0.2) is 0 Å². The van der Waals surface area contributed by atoms with Crippen molar-refractivity contribution in [2.45, 2.75) is 32.6 Å². The van der Waals surface area contributed by atoms with E-state index in [0.717, 1.165) is 16.8 Å². The lowest BCUT2D eigenvalue weighted by molar-refractivity contribution is 0.590. The molecule has 0 fully saturated rings. The third-order valence-corrected chi connectivity index (χ3v) is 3.31. The lowest BCUT2D eigenvalue weighted by atomic mass is 9.86. The molecule has 1 heterocycles. The highest BCUT2D eigenvalue weighted by Gasteiger charge is 2.15. The Kier molecular flexibility index (Phi) is 3.62. The van der Waals surface area contributed by atoms with E-state index in [1.165, 1.54) is 5.56 Å². The van der Waals surface area contributed by atoms with Gasteiger partial charge in [-0.1, -0.05) is 45.0 Å². The largest absolute Gasteiger partial charge is 0.330 e. The van der Waals surface area contributed by atoms with Crippen LogP contribution in [0.25, 0.3) is 11.3 Å². The van der Waals surface area contributed by atoms with Crippen LogP contribution in [-0.2, 0) is 11.8 Å². The van der Waals surface area contributed by atoms with Gasteiger partial charge in [0.05, 0.1) is 5.69 Å². The zero-order chi connectivity index (χ0) is 14.0. The van der Waals surface area contributed by atoms with Crippen LogP contribution in [0.3, 0.4) is 0 Å². The van der Waals surface area contributed by atoms with Crippen molar-refractivity contribution in [3.05, 3.63) is 45.7 Å². The van der Waals surface area contributed by atoms with Gasteiger partial charge >= 0.3 is 0 Å². The van der Waals surface area contributed by atoms with Gasteiger partial charge in [-0.15, -0.1) is 0 Å². The van der Waals surface area contributed by atoms with Crippen molar-refractivity contribution in [2.24, 2.45) is 5.73 Å². The summed E-state index contributed by atoms with van der Waals surface area (Å²) < 4.78 is 0. The van der Waals surface area contributed by atoms with E-state index in [4.69, 9.17) is 5.73 Å².